The molecule has 49 heavy (non-hydrogen) atoms. The van der Waals surface area contributed by atoms with E-state index in [0.29, 0.717) is 54.1 Å². The van der Waals surface area contributed by atoms with Gasteiger partial charge in [0.15, 0.2) is 6.29 Å². The molecule has 0 unspecified atom stereocenters. The highest BCUT2D eigenvalue weighted by Gasteiger charge is 2.29. The second-order valence-corrected chi connectivity index (χ2v) is 13.0. The molecule has 0 saturated carbocycles. The summed E-state index contributed by atoms with van der Waals surface area (Å²) in [4.78, 5) is 53.3. The molecule has 0 atom stereocenters. The van der Waals surface area contributed by atoms with Crippen LogP contribution in [0.25, 0.3) is 11.1 Å². The van der Waals surface area contributed by atoms with E-state index in [1.807, 2.05) is 22.9 Å². The molecular formula is C36H41FN8O4. The number of nitrogens with one attached hydrogen (secondary N) is 1. The van der Waals surface area contributed by atoms with Crippen LogP contribution in [0.3, 0.4) is 0 Å². The van der Waals surface area contributed by atoms with Gasteiger partial charge in [0, 0.05) is 82.0 Å². The third-order valence-electron chi connectivity index (χ3n) is 10.1. The van der Waals surface area contributed by atoms with Crippen molar-refractivity contribution < 1.29 is 18.7 Å². The van der Waals surface area contributed by atoms with Crippen LogP contribution in [-0.2, 0) is 36.0 Å². The Morgan fingerprint density at radius 3 is 2.59 bits per heavy atom. The van der Waals surface area contributed by atoms with Crippen molar-refractivity contribution in [2.45, 2.75) is 45.2 Å². The van der Waals surface area contributed by atoms with E-state index in [1.165, 1.54) is 15.7 Å². The number of nitrogens with zero attached hydrogens (tertiary/aromatic N) is 7. The predicted molar refractivity (Wildman–Crippen MR) is 185 cm³/mol. The van der Waals surface area contributed by atoms with E-state index in [0.717, 1.165) is 75.9 Å². The Hall–Kier alpha value is -4.88. The molecule has 4 aromatic heterocycles. The van der Waals surface area contributed by atoms with Crippen molar-refractivity contribution in [1.82, 2.24) is 24.0 Å². The van der Waals surface area contributed by atoms with Crippen molar-refractivity contribution in [3.05, 3.63) is 81.5 Å². The minimum atomic E-state index is -0.264. The van der Waals surface area contributed by atoms with Gasteiger partial charge in [0.2, 0.25) is 6.41 Å². The molecule has 256 valence electrons. The van der Waals surface area contributed by atoms with E-state index < -0.39 is 0 Å². The number of ether oxygens (including phenoxy) is 1. The van der Waals surface area contributed by atoms with Gasteiger partial charge in [-0.1, -0.05) is 0 Å². The average molecular weight is 669 g/mol. The summed E-state index contributed by atoms with van der Waals surface area (Å²) in [5, 5.41) is 3.16. The summed E-state index contributed by atoms with van der Waals surface area (Å²) in [5.74, 6) is 0.550. The molecule has 0 spiro atoms. The standard InChI is InChI=1S/C36H41FN8O4/c1-24-31(45-11-4-3-5-32(45)34(24)37)9-12-44(23-47)35-29(20-46)28(8-10-38-35)25-17-30(36(48)41(2)19-25)40-33-7-6-26(18-39-33)42-13-15-43(16-14-42)27-21-49-22-27/h6-8,10,17-20,23,27H,3-5,9,11-16,21-22H2,1-2H3,(H,39,40). The lowest BCUT2D eigenvalue weighted by Crippen LogP contribution is -2.56. The van der Waals surface area contributed by atoms with Gasteiger partial charge in [-0.05, 0) is 56.0 Å². The lowest BCUT2D eigenvalue weighted by Gasteiger charge is -2.43. The Morgan fingerprint density at radius 2 is 1.90 bits per heavy atom. The molecule has 1 N–H and O–H groups in total. The number of hydrogen-bond acceptors (Lipinski definition) is 9. The average Bonchev–Trinajstić information content (AvgIpc) is 3.35. The largest absolute Gasteiger partial charge is 0.378 e. The van der Waals surface area contributed by atoms with Crippen molar-refractivity contribution in [2.75, 3.05) is 61.1 Å². The molecule has 0 aromatic carbocycles. The van der Waals surface area contributed by atoms with E-state index in [2.05, 4.69) is 25.1 Å². The smallest absolute Gasteiger partial charge is 0.274 e. The Labute approximate surface area is 284 Å². The Kier molecular flexibility index (Phi) is 9.28. The van der Waals surface area contributed by atoms with Gasteiger partial charge >= 0.3 is 0 Å². The van der Waals surface area contributed by atoms with Gasteiger partial charge in [0.1, 0.15) is 23.1 Å². The van der Waals surface area contributed by atoms with E-state index >= 15 is 0 Å². The Morgan fingerprint density at radius 1 is 1.08 bits per heavy atom. The number of carbonyl (C=O) groups is 2. The van der Waals surface area contributed by atoms with Crippen molar-refractivity contribution in [1.29, 1.82) is 0 Å². The van der Waals surface area contributed by atoms with Crippen LogP contribution in [0.1, 0.15) is 40.2 Å². The zero-order valence-electron chi connectivity index (χ0n) is 27.9. The summed E-state index contributed by atoms with van der Waals surface area (Å²) in [5.41, 5.74) is 4.56. The maximum absolute atomic E-state index is 15.0. The Bertz CT molecular complexity index is 1910. The quantitative estimate of drug-likeness (QED) is 0.239. The van der Waals surface area contributed by atoms with E-state index in [1.54, 1.807) is 32.3 Å². The number of anilines is 4. The summed E-state index contributed by atoms with van der Waals surface area (Å²) in [7, 11) is 1.64. The number of rotatable bonds is 11. The summed E-state index contributed by atoms with van der Waals surface area (Å²) in [6.07, 6.45) is 9.38. The van der Waals surface area contributed by atoms with Crippen LogP contribution in [0.15, 0.2) is 47.7 Å². The molecule has 2 saturated heterocycles. The fraction of sp³-hybridized carbons (Fsp3) is 0.417. The zero-order valence-corrected chi connectivity index (χ0v) is 27.9. The molecule has 1 amide bonds. The molecule has 3 aliphatic heterocycles. The van der Waals surface area contributed by atoms with Crippen molar-refractivity contribution in [3.8, 4) is 11.1 Å². The van der Waals surface area contributed by atoms with Gasteiger partial charge in [0.25, 0.3) is 5.56 Å². The minimum Gasteiger partial charge on any atom is -0.378 e. The maximum atomic E-state index is 15.0. The van der Waals surface area contributed by atoms with Crippen molar-refractivity contribution >= 4 is 35.7 Å². The highest BCUT2D eigenvalue weighted by atomic mass is 19.1. The minimum absolute atomic E-state index is 0.167. The molecule has 12 nitrogen and oxygen atoms in total. The predicted octanol–water partition coefficient (Wildman–Crippen LogP) is 3.71. The molecule has 7 rings (SSSR count). The number of pyridine rings is 3. The van der Waals surface area contributed by atoms with Gasteiger partial charge in [-0.3, -0.25) is 24.2 Å². The first-order valence-electron chi connectivity index (χ1n) is 16.9. The highest BCUT2D eigenvalue weighted by Crippen LogP contribution is 2.31. The van der Waals surface area contributed by atoms with Crippen LogP contribution in [0.5, 0.6) is 0 Å². The van der Waals surface area contributed by atoms with E-state index in [9.17, 15) is 18.8 Å². The maximum Gasteiger partial charge on any atom is 0.274 e. The zero-order chi connectivity index (χ0) is 34.1. The van der Waals surface area contributed by atoms with Gasteiger partial charge in [-0.15, -0.1) is 0 Å². The number of hydrogen-bond donors (Lipinski definition) is 1. The van der Waals surface area contributed by atoms with Crippen LogP contribution < -0.4 is 20.7 Å². The van der Waals surface area contributed by atoms with Gasteiger partial charge < -0.3 is 24.1 Å². The number of fused-ring (bicyclic) bond motifs is 1. The van der Waals surface area contributed by atoms with Crippen LogP contribution in [-0.4, -0.2) is 88.7 Å². The third-order valence-corrected chi connectivity index (χ3v) is 10.1. The van der Waals surface area contributed by atoms with Crippen molar-refractivity contribution in [2.24, 2.45) is 7.05 Å². The Balaban J connectivity index is 1.10. The molecule has 0 bridgehead atoms. The van der Waals surface area contributed by atoms with Gasteiger partial charge in [-0.25, -0.2) is 14.4 Å². The normalized spacial score (nSPS) is 16.6. The molecule has 3 aliphatic rings. The number of halogens is 1. The second-order valence-electron chi connectivity index (χ2n) is 13.0. The van der Waals surface area contributed by atoms with E-state index in [-0.39, 0.29) is 35.0 Å². The van der Waals surface area contributed by atoms with E-state index in [4.69, 9.17) is 4.74 Å². The van der Waals surface area contributed by atoms with Crippen LogP contribution >= 0.6 is 0 Å². The van der Waals surface area contributed by atoms with Gasteiger partial charge in [-0.2, -0.15) is 0 Å². The molecular weight excluding hydrogens is 627 g/mol. The molecule has 0 radical (unpaired) electrons. The van der Waals surface area contributed by atoms with Crippen molar-refractivity contribution in [3.63, 3.8) is 0 Å². The number of amides is 1. The summed E-state index contributed by atoms with van der Waals surface area (Å²) >= 11 is 0. The number of aromatic nitrogens is 4. The lowest BCUT2D eigenvalue weighted by atomic mass is 10.0. The molecule has 0 aliphatic carbocycles. The number of aldehydes is 1. The molecule has 4 aromatic rings. The first-order chi connectivity index (χ1) is 23.9. The van der Waals surface area contributed by atoms with Crippen LogP contribution in [0.4, 0.5) is 27.4 Å². The molecule has 2 fully saturated rings. The van der Waals surface area contributed by atoms with Gasteiger partial charge in [0.05, 0.1) is 42.4 Å². The number of piperazine rings is 1. The third kappa shape index (κ3) is 6.35. The molecule has 7 heterocycles. The second kappa shape index (κ2) is 13.9. The lowest BCUT2D eigenvalue weighted by molar-refractivity contribution is -0.107. The fourth-order valence-electron chi connectivity index (χ4n) is 7.23. The van der Waals surface area contributed by atoms with Crippen LogP contribution in [0.2, 0.25) is 0 Å². The van der Waals surface area contributed by atoms with Crippen LogP contribution in [0, 0.1) is 12.7 Å². The summed E-state index contributed by atoms with van der Waals surface area (Å²) < 4.78 is 23.8. The SMILES string of the molecule is Cc1c(F)c2n(c1CCN(C=O)c1nccc(-c3cc(Nc4ccc(N5CCN(C6COC6)CC5)cn4)c(=O)n(C)c3)c1C=O)CCCC2. The fourth-order valence-corrected chi connectivity index (χ4v) is 7.23. The summed E-state index contributed by atoms with van der Waals surface area (Å²) in [6.45, 7) is 8.17. The number of carbonyl (C=O) groups excluding carboxylic acids is 2. The topological polar surface area (TPSA) is 118 Å². The first-order valence-corrected chi connectivity index (χ1v) is 16.9. The summed E-state index contributed by atoms with van der Waals surface area (Å²) in [6, 6.07) is 7.75. The molecule has 13 heteroatoms. The highest BCUT2D eigenvalue weighted by molar-refractivity contribution is 5.96. The number of aryl methyl sites for hydroxylation is 1. The first kappa shape index (κ1) is 32.7. The monoisotopic (exact) mass is 668 g/mol.